The van der Waals surface area contributed by atoms with Crippen molar-refractivity contribution in [2.24, 2.45) is 0 Å². The Morgan fingerprint density at radius 1 is 1.39 bits per heavy atom. The van der Waals surface area contributed by atoms with E-state index in [4.69, 9.17) is 4.42 Å². The average Bonchev–Trinajstić information content (AvgIpc) is 2.78. The van der Waals surface area contributed by atoms with Crippen molar-refractivity contribution in [3.8, 4) is 5.75 Å². The monoisotopic (exact) mass is 247 g/mol. The van der Waals surface area contributed by atoms with Gasteiger partial charge in [-0.1, -0.05) is 19.1 Å². The molecule has 0 saturated heterocycles. The molecule has 2 rings (SSSR count). The van der Waals surface area contributed by atoms with Crippen molar-refractivity contribution in [2.75, 3.05) is 6.54 Å². The van der Waals surface area contributed by atoms with Crippen molar-refractivity contribution >= 4 is 0 Å². The summed E-state index contributed by atoms with van der Waals surface area (Å²) in [5.41, 5.74) is 0.946. The third kappa shape index (κ3) is 3.07. The number of hydrogen-bond acceptors (Lipinski definition) is 5. The molecular weight excluding hydrogens is 230 g/mol. The van der Waals surface area contributed by atoms with Gasteiger partial charge in [0.15, 0.2) is 0 Å². The first-order valence-electron chi connectivity index (χ1n) is 6.02. The molecule has 18 heavy (non-hydrogen) atoms. The SMILES string of the molecule is CCNC(C)c1nnc(Cc2cccc(O)c2)o1. The van der Waals surface area contributed by atoms with E-state index in [1.807, 2.05) is 19.9 Å². The van der Waals surface area contributed by atoms with Gasteiger partial charge in [-0.25, -0.2) is 0 Å². The van der Waals surface area contributed by atoms with Crippen molar-refractivity contribution in [2.45, 2.75) is 26.3 Å². The fraction of sp³-hybridized carbons (Fsp3) is 0.385. The van der Waals surface area contributed by atoms with E-state index in [-0.39, 0.29) is 11.8 Å². The topological polar surface area (TPSA) is 71.2 Å². The van der Waals surface area contributed by atoms with E-state index in [0.29, 0.717) is 18.2 Å². The van der Waals surface area contributed by atoms with Crippen LogP contribution in [0.5, 0.6) is 5.75 Å². The van der Waals surface area contributed by atoms with Gasteiger partial charge in [0.25, 0.3) is 0 Å². The minimum atomic E-state index is 0.0560. The lowest BCUT2D eigenvalue weighted by molar-refractivity contribution is 0.401. The van der Waals surface area contributed by atoms with Crippen LogP contribution in [0.25, 0.3) is 0 Å². The first-order chi connectivity index (χ1) is 8.69. The maximum absolute atomic E-state index is 9.38. The molecule has 1 aromatic carbocycles. The Morgan fingerprint density at radius 2 is 2.22 bits per heavy atom. The molecule has 0 amide bonds. The summed E-state index contributed by atoms with van der Waals surface area (Å²) >= 11 is 0. The van der Waals surface area contributed by atoms with E-state index in [9.17, 15) is 5.11 Å². The Labute approximate surface area is 106 Å². The largest absolute Gasteiger partial charge is 0.508 e. The van der Waals surface area contributed by atoms with Crippen LogP contribution in [0.3, 0.4) is 0 Å². The molecule has 0 radical (unpaired) electrons. The standard InChI is InChI=1S/C13H17N3O2/c1-3-14-9(2)13-16-15-12(18-13)8-10-5-4-6-11(17)7-10/h4-7,9,14,17H,3,8H2,1-2H3. The number of hydrogen-bond donors (Lipinski definition) is 2. The van der Waals surface area contributed by atoms with Gasteiger partial charge in [0.1, 0.15) is 5.75 Å². The third-order valence-electron chi connectivity index (χ3n) is 2.63. The molecule has 5 heteroatoms. The van der Waals surface area contributed by atoms with Gasteiger partial charge in [-0.15, -0.1) is 10.2 Å². The Hall–Kier alpha value is -1.88. The lowest BCUT2D eigenvalue weighted by Gasteiger charge is -2.05. The second kappa shape index (κ2) is 5.64. The first kappa shape index (κ1) is 12.6. The summed E-state index contributed by atoms with van der Waals surface area (Å²) < 4.78 is 5.58. The van der Waals surface area contributed by atoms with Crippen LogP contribution < -0.4 is 5.32 Å². The Morgan fingerprint density at radius 3 is 2.94 bits per heavy atom. The molecule has 5 nitrogen and oxygen atoms in total. The highest BCUT2D eigenvalue weighted by Crippen LogP contribution is 2.16. The summed E-state index contributed by atoms with van der Waals surface area (Å²) in [6.45, 7) is 4.86. The zero-order chi connectivity index (χ0) is 13.0. The average molecular weight is 247 g/mol. The maximum Gasteiger partial charge on any atom is 0.233 e. The van der Waals surface area contributed by atoms with Crippen LogP contribution in [0.15, 0.2) is 28.7 Å². The van der Waals surface area contributed by atoms with Crippen LogP contribution in [0.2, 0.25) is 0 Å². The summed E-state index contributed by atoms with van der Waals surface area (Å²) in [6, 6.07) is 7.09. The number of aromatic nitrogens is 2. The molecule has 1 heterocycles. The molecule has 0 aliphatic rings. The molecule has 2 N–H and O–H groups in total. The Kier molecular flexibility index (Phi) is 3.94. The molecule has 1 unspecified atom stereocenters. The molecule has 96 valence electrons. The quantitative estimate of drug-likeness (QED) is 0.846. The maximum atomic E-state index is 9.38. The highest BCUT2D eigenvalue weighted by molar-refractivity contribution is 5.28. The molecule has 0 fully saturated rings. The number of nitrogens with one attached hydrogen (secondary N) is 1. The molecule has 0 bridgehead atoms. The second-order valence-corrected chi connectivity index (χ2v) is 4.16. The minimum Gasteiger partial charge on any atom is -0.508 e. The van der Waals surface area contributed by atoms with Gasteiger partial charge in [-0.05, 0) is 31.2 Å². The summed E-state index contributed by atoms with van der Waals surface area (Å²) in [6.07, 6.45) is 0.528. The second-order valence-electron chi connectivity index (χ2n) is 4.16. The van der Waals surface area contributed by atoms with E-state index in [2.05, 4.69) is 15.5 Å². The van der Waals surface area contributed by atoms with E-state index in [0.717, 1.165) is 12.1 Å². The number of nitrogens with zero attached hydrogens (tertiary/aromatic N) is 2. The Balaban J connectivity index is 2.06. The van der Waals surface area contributed by atoms with Crippen molar-refractivity contribution in [3.63, 3.8) is 0 Å². The van der Waals surface area contributed by atoms with Crippen LogP contribution in [-0.4, -0.2) is 21.8 Å². The lowest BCUT2D eigenvalue weighted by Crippen LogP contribution is -2.17. The molecule has 0 aliphatic carbocycles. The molecular formula is C13H17N3O2. The predicted molar refractivity (Wildman–Crippen MR) is 67.3 cm³/mol. The summed E-state index contributed by atoms with van der Waals surface area (Å²) in [4.78, 5) is 0. The van der Waals surface area contributed by atoms with E-state index >= 15 is 0 Å². The summed E-state index contributed by atoms with van der Waals surface area (Å²) in [5, 5.41) is 20.6. The lowest BCUT2D eigenvalue weighted by atomic mass is 10.1. The van der Waals surface area contributed by atoms with E-state index < -0.39 is 0 Å². The first-order valence-corrected chi connectivity index (χ1v) is 6.02. The molecule has 0 saturated carbocycles. The van der Waals surface area contributed by atoms with Gasteiger partial charge < -0.3 is 14.8 Å². The van der Waals surface area contributed by atoms with Gasteiger partial charge in [0, 0.05) is 0 Å². The zero-order valence-corrected chi connectivity index (χ0v) is 10.6. The molecule has 0 spiro atoms. The van der Waals surface area contributed by atoms with Crippen molar-refractivity contribution in [1.29, 1.82) is 0 Å². The van der Waals surface area contributed by atoms with Crippen LogP contribution in [0.1, 0.15) is 37.2 Å². The fourth-order valence-electron chi connectivity index (χ4n) is 1.75. The normalized spacial score (nSPS) is 12.6. The van der Waals surface area contributed by atoms with Gasteiger partial charge in [-0.3, -0.25) is 0 Å². The number of benzene rings is 1. The highest BCUT2D eigenvalue weighted by Gasteiger charge is 2.12. The zero-order valence-electron chi connectivity index (χ0n) is 10.6. The van der Waals surface area contributed by atoms with Gasteiger partial charge in [0.05, 0.1) is 12.5 Å². The van der Waals surface area contributed by atoms with Crippen molar-refractivity contribution in [3.05, 3.63) is 41.6 Å². The number of rotatable bonds is 5. The summed E-state index contributed by atoms with van der Waals surface area (Å²) in [7, 11) is 0. The Bertz CT molecular complexity index is 510. The molecule has 2 aromatic rings. The number of phenolic OH excluding ortho intramolecular Hbond substituents is 1. The van der Waals surface area contributed by atoms with Crippen molar-refractivity contribution in [1.82, 2.24) is 15.5 Å². The molecule has 1 aromatic heterocycles. The molecule has 0 aliphatic heterocycles. The third-order valence-corrected chi connectivity index (χ3v) is 2.63. The van der Waals surface area contributed by atoms with Crippen LogP contribution in [0, 0.1) is 0 Å². The van der Waals surface area contributed by atoms with Gasteiger partial charge in [-0.2, -0.15) is 0 Å². The fourth-order valence-corrected chi connectivity index (χ4v) is 1.75. The van der Waals surface area contributed by atoms with Gasteiger partial charge >= 0.3 is 0 Å². The van der Waals surface area contributed by atoms with Crippen molar-refractivity contribution < 1.29 is 9.52 Å². The number of aromatic hydroxyl groups is 1. The highest BCUT2D eigenvalue weighted by atomic mass is 16.4. The summed E-state index contributed by atoms with van der Waals surface area (Å²) in [5.74, 6) is 1.39. The van der Waals surface area contributed by atoms with E-state index in [1.165, 1.54) is 0 Å². The minimum absolute atomic E-state index is 0.0560. The predicted octanol–water partition coefficient (Wildman–Crippen LogP) is 2.04. The van der Waals surface area contributed by atoms with Crippen LogP contribution >= 0.6 is 0 Å². The van der Waals surface area contributed by atoms with Crippen LogP contribution in [-0.2, 0) is 6.42 Å². The van der Waals surface area contributed by atoms with Crippen LogP contribution in [0.4, 0.5) is 0 Å². The smallest absolute Gasteiger partial charge is 0.233 e. The van der Waals surface area contributed by atoms with E-state index in [1.54, 1.807) is 18.2 Å². The molecule has 1 atom stereocenters. The number of phenols is 1. The van der Waals surface area contributed by atoms with Gasteiger partial charge in [0.2, 0.25) is 11.8 Å².